The van der Waals surface area contributed by atoms with Crippen LogP contribution in [-0.2, 0) is 9.84 Å². The topological polar surface area (TPSA) is 133 Å². The van der Waals surface area contributed by atoms with Crippen LogP contribution in [0.5, 0.6) is 0 Å². The van der Waals surface area contributed by atoms with E-state index in [-0.39, 0.29) is 16.3 Å². The molecule has 3 N–H and O–H groups in total. The van der Waals surface area contributed by atoms with E-state index in [1.165, 1.54) is 12.1 Å². The zero-order valence-corrected chi connectivity index (χ0v) is 17.2. The largest absolute Gasteiger partial charge is 0.347 e. The van der Waals surface area contributed by atoms with Crippen molar-refractivity contribution in [2.75, 3.05) is 6.26 Å². The summed E-state index contributed by atoms with van der Waals surface area (Å²) in [5.74, 6) is -0.250. The van der Waals surface area contributed by atoms with Crippen LogP contribution >= 0.6 is 0 Å². The van der Waals surface area contributed by atoms with Crippen molar-refractivity contribution in [2.24, 2.45) is 0 Å². The number of carbonyl (C=O) groups is 1. The van der Waals surface area contributed by atoms with E-state index >= 15 is 0 Å². The molecule has 0 spiro atoms. The number of rotatable bonds is 3. The molecular weight excluding hydrogens is 392 g/mol. The Bertz CT molecular complexity index is 1360. The van der Waals surface area contributed by atoms with Gasteiger partial charge in [-0.25, -0.2) is 18.4 Å². The second-order valence-corrected chi connectivity index (χ2v) is 9.93. The van der Waals surface area contributed by atoms with Crippen LogP contribution in [0.4, 0.5) is 0 Å². The molecule has 1 aromatic carbocycles. The van der Waals surface area contributed by atoms with Gasteiger partial charge in [0.25, 0.3) is 5.91 Å². The molecule has 0 unspecified atom stereocenters. The number of aromatic nitrogens is 5. The number of hydrogen-bond donors (Lipinski definition) is 3. The Hall–Kier alpha value is -3.27. The fourth-order valence-corrected chi connectivity index (χ4v) is 3.66. The van der Waals surface area contributed by atoms with Gasteiger partial charge in [0.2, 0.25) is 0 Å². The zero-order chi connectivity index (χ0) is 21.0. The number of H-pyrrole nitrogens is 2. The molecule has 0 saturated heterocycles. The summed E-state index contributed by atoms with van der Waals surface area (Å²) in [6.45, 7) is 5.70. The number of fused-ring (bicyclic) bond motifs is 2. The fourth-order valence-electron chi connectivity index (χ4n) is 3.01. The van der Waals surface area contributed by atoms with Crippen LogP contribution in [0.3, 0.4) is 0 Å². The second-order valence-electron chi connectivity index (χ2n) is 7.91. The number of nitrogens with one attached hydrogen (secondary N) is 3. The smallest absolute Gasteiger partial charge is 0.255 e. The molecule has 0 bridgehead atoms. The van der Waals surface area contributed by atoms with Crippen LogP contribution in [-0.4, -0.2) is 51.3 Å². The Labute approximate surface area is 166 Å². The molecule has 0 saturated carbocycles. The normalized spacial score (nSPS) is 12.6. The molecule has 1 amide bonds. The summed E-state index contributed by atoms with van der Waals surface area (Å²) in [6.07, 6.45) is 4.29. The number of nitrogens with zero attached hydrogens (tertiary/aromatic N) is 3. The molecule has 0 radical (unpaired) electrons. The number of sulfone groups is 1. The van der Waals surface area contributed by atoms with Crippen LogP contribution < -0.4 is 5.32 Å². The van der Waals surface area contributed by atoms with Gasteiger partial charge in [-0.05, 0) is 39.0 Å². The summed E-state index contributed by atoms with van der Waals surface area (Å²) in [6, 6.07) is 4.74. The number of aromatic amines is 2. The molecule has 10 heteroatoms. The predicted octanol–water partition coefficient (Wildman–Crippen LogP) is 2.43. The first kappa shape index (κ1) is 19.1. The van der Waals surface area contributed by atoms with Gasteiger partial charge in [0.1, 0.15) is 16.9 Å². The lowest BCUT2D eigenvalue weighted by atomic mass is 10.1. The van der Waals surface area contributed by atoms with Crippen LogP contribution in [0.15, 0.2) is 35.5 Å². The first-order chi connectivity index (χ1) is 13.5. The van der Waals surface area contributed by atoms with Crippen LogP contribution in [0, 0.1) is 0 Å². The van der Waals surface area contributed by atoms with Gasteiger partial charge in [0.05, 0.1) is 22.2 Å². The molecule has 0 fully saturated rings. The van der Waals surface area contributed by atoms with E-state index < -0.39 is 9.84 Å². The van der Waals surface area contributed by atoms with E-state index in [2.05, 4.69) is 30.5 Å². The van der Waals surface area contributed by atoms with E-state index in [0.29, 0.717) is 39.0 Å². The first-order valence-electron chi connectivity index (χ1n) is 8.88. The molecule has 0 aliphatic carbocycles. The van der Waals surface area contributed by atoms with E-state index in [9.17, 15) is 13.2 Å². The van der Waals surface area contributed by atoms with Crippen LogP contribution in [0.1, 0.15) is 31.1 Å². The maximum Gasteiger partial charge on any atom is 0.255 e. The Morgan fingerprint density at radius 2 is 1.97 bits per heavy atom. The monoisotopic (exact) mass is 412 g/mol. The van der Waals surface area contributed by atoms with Crippen molar-refractivity contribution in [3.63, 3.8) is 0 Å². The van der Waals surface area contributed by atoms with Gasteiger partial charge in [-0.2, -0.15) is 5.10 Å². The second kappa shape index (κ2) is 6.38. The molecule has 150 valence electrons. The summed E-state index contributed by atoms with van der Waals surface area (Å²) < 4.78 is 23.5. The fraction of sp³-hybridized carbons (Fsp3) is 0.263. The Kier molecular flexibility index (Phi) is 4.19. The van der Waals surface area contributed by atoms with Gasteiger partial charge in [0, 0.05) is 23.4 Å². The highest BCUT2D eigenvalue weighted by atomic mass is 32.2. The quantitative estimate of drug-likeness (QED) is 0.473. The third-order valence-electron chi connectivity index (χ3n) is 4.32. The average molecular weight is 412 g/mol. The summed E-state index contributed by atoms with van der Waals surface area (Å²) in [5.41, 5.74) is 2.51. The molecule has 0 aliphatic rings. The van der Waals surface area contributed by atoms with E-state index in [0.717, 1.165) is 6.26 Å². The SMILES string of the molecule is CC(C)(C)NC(=O)c1c[nH]c2ncc(-c3n[nH]c4cc(S(C)(=O)=O)ccc34)nc12. The van der Waals surface area contributed by atoms with Crippen LogP contribution in [0.2, 0.25) is 0 Å². The van der Waals surface area contributed by atoms with E-state index in [4.69, 9.17) is 0 Å². The highest BCUT2D eigenvalue weighted by Gasteiger charge is 2.21. The van der Waals surface area contributed by atoms with Gasteiger partial charge in [-0.3, -0.25) is 9.89 Å². The number of carbonyl (C=O) groups excluding carboxylic acids is 1. The van der Waals surface area contributed by atoms with Gasteiger partial charge >= 0.3 is 0 Å². The highest BCUT2D eigenvalue weighted by molar-refractivity contribution is 7.90. The lowest BCUT2D eigenvalue weighted by Gasteiger charge is -2.19. The minimum absolute atomic E-state index is 0.202. The van der Waals surface area contributed by atoms with E-state index in [1.807, 2.05) is 20.8 Å². The van der Waals surface area contributed by atoms with Gasteiger partial charge in [0.15, 0.2) is 15.5 Å². The Balaban J connectivity index is 1.81. The maximum absolute atomic E-state index is 12.6. The zero-order valence-electron chi connectivity index (χ0n) is 16.4. The third-order valence-corrected chi connectivity index (χ3v) is 5.43. The summed E-state index contributed by atoms with van der Waals surface area (Å²) >= 11 is 0. The third kappa shape index (κ3) is 3.58. The Morgan fingerprint density at radius 1 is 1.21 bits per heavy atom. The maximum atomic E-state index is 12.6. The van der Waals surface area contributed by atoms with Crippen molar-refractivity contribution in [2.45, 2.75) is 31.2 Å². The number of amides is 1. The molecule has 3 heterocycles. The minimum atomic E-state index is -3.33. The van der Waals surface area contributed by atoms with Crippen molar-refractivity contribution in [3.05, 3.63) is 36.2 Å². The molecule has 29 heavy (non-hydrogen) atoms. The van der Waals surface area contributed by atoms with Crippen molar-refractivity contribution in [3.8, 4) is 11.4 Å². The molecule has 4 rings (SSSR count). The summed E-state index contributed by atoms with van der Waals surface area (Å²) in [4.78, 5) is 24.7. The molecule has 9 nitrogen and oxygen atoms in total. The molecule has 4 aromatic rings. The highest BCUT2D eigenvalue weighted by Crippen LogP contribution is 2.28. The lowest BCUT2D eigenvalue weighted by Crippen LogP contribution is -2.40. The summed E-state index contributed by atoms with van der Waals surface area (Å²) in [7, 11) is -3.33. The van der Waals surface area contributed by atoms with Crippen molar-refractivity contribution in [1.82, 2.24) is 30.5 Å². The van der Waals surface area contributed by atoms with Gasteiger partial charge < -0.3 is 10.3 Å². The Morgan fingerprint density at radius 3 is 2.66 bits per heavy atom. The number of hydrogen-bond acceptors (Lipinski definition) is 6. The van der Waals surface area contributed by atoms with Crippen LogP contribution in [0.25, 0.3) is 33.5 Å². The van der Waals surface area contributed by atoms with Crippen molar-refractivity contribution < 1.29 is 13.2 Å². The van der Waals surface area contributed by atoms with Crippen molar-refractivity contribution in [1.29, 1.82) is 0 Å². The van der Waals surface area contributed by atoms with E-state index in [1.54, 1.807) is 18.5 Å². The minimum Gasteiger partial charge on any atom is -0.347 e. The van der Waals surface area contributed by atoms with Gasteiger partial charge in [-0.15, -0.1) is 0 Å². The lowest BCUT2D eigenvalue weighted by molar-refractivity contribution is 0.0921. The van der Waals surface area contributed by atoms with Crippen molar-refractivity contribution >= 4 is 37.8 Å². The first-order valence-corrected chi connectivity index (χ1v) is 10.8. The summed E-state index contributed by atoms with van der Waals surface area (Å²) in [5, 5.41) is 10.7. The molecular formula is C19H20N6O3S. The predicted molar refractivity (Wildman–Crippen MR) is 109 cm³/mol. The molecule has 3 aromatic heterocycles. The molecule has 0 aliphatic heterocycles. The average Bonchev–Trinajstić information content (AvgIpc) is 3.22. The van der Waals surface area contributed by atoms with Gasteiger partial charge in [-0.1, -0.05) is 0 Å². The number of benzene rings is 1. The molecule has 0 atom stereocenters. The standard InChI is InChI=1S/C19H20N6O3S/c1-19(2,3)23-18(26)12-8-20-17-16(12)22-14(9-21-17)15-11-6-5-10(29(4,27)28)7-13(11)24-25-15/h5-9H,1-4H3,(H,20,21)(H,23,26)(H,24,25).